The number of nitrogens with one attached hydrogen (secondary N) is 1. The Kier molecular flexibility index (Phi) is 5.70. The molecule has 4 amide bonds. The molecule has 9 heteroatoms. The highest BCUT2D eigenvalue weighted by Crippen LogP contribution is 2.29. The topological polar surface area (TPSA) is 95.7 Å². The highest BCUT2D eigenvalue weighted by atomic mass is 35.5. The van der Waals surface area contributed by atoms with Gasteiger partial charge >= 0.3 is 6.03 Å². The van der Waals surface area contributed by atoms with E-state index >= 15 is 0 Å². The maximum absolute atomic E-state index is 12.6. The van der Waals surface area contributed by atoms with Gasteiger partial charge in [-0.1, -0.05) is 23.2 Å². The van der Waals surface area contributed by atoms with Crippen molar-refractivity contribution in [1.29, 1.82) is 0 Å². The third-order valence-corrected chi connectivity index (χ3v) is 5.54. The average Bonchev–Trinajstić information content (AvgIpc) is 3.20. The Hall–Kier alpha value is -1.83. The van der Waals surface area contributed by atoms with Gasteiger partial charge in [0.15, 0.2) is 0 Å². The van der Waals surface area contributed by atoms with Crippen LogP contribution in [-0.2, 0) is 9.59 Å². The first kappa shape index (κ1) is 18.9. The first-order valence-electron chi connectivity index (χ1n) is 8.51. The summed E-state index contributed by atoms with van der Waals surface area (Å²) in [6.45, 7) is 1.14. The summed E-state index contributed by atoms with van der Waals surface area (Å²) in [5.74, 6) is -0.439. The van der Waals surface area contributed by atoms with E-state index in [9.17, 15) is 14.4 Å². The van der Waals surface area contributed by atoms with E-state index in [-0.39, 0.29) is 29.8 Å². The molecule has 2 atom stereocenters. The monoisotopic (exact) mass is 398 g/mol. The van der Waals surface area contributed by atoms with Gasteiger partial charge in [0, 0.05) is 25.6 Å². The Labute approximate surface area is 161 Å². The first-order chi connectivity index (χ1) is 12.4. The average molecular weight is 399 g/mol. The van der Waals surface area contributed by atoms with E-state index in [0.29, 0.717) is 23.8 Å². The predicted octanol–water partition coefficient (Wildman–Crippen LogP) is 2.15. The van der Waals surface area contributed by atoms with Crippen LogP contribution in [0.3, 0.4) is 0 Å². The summed E-state index contributed by atoms with van der Waals surface area (Å²) >= 11 is 11.8. The molecule has 2 aliphatic heterocycles. The van der Waals surface area contributed by atoms with Crippen LogP contribution >= 0.6 is 23.2 Å². The Morgan fingerprint density at radius 3 is 2.73 bits per heavy atom. The van der Waals surface area contributed by atoms with Crippen molar-refractivity contribution in [2.45, 2.75) is 37.8 Å². The van der Waals surface area contributed by atoms with Gasteiger partial charge in [-0.15, -0.1) is 0 Å². The van der Waals surface area contributed by atoms with Crippen LogP contribution in [0.2, 0.25) is 10.0 Å². The highest BCUT2D eigenvalue weighted by molar-refractivity contribution is 6.42. The van der Waals surface area contributed by atoms with Gasteiger partial charge in [0.25, 0.3) is 5.91 Å². The Morgan fingerprint density at radius 2 is 2.04 bits per heavy atom. The second-order valence-corrected chi connectivity index (χ2v) is 7.25. The molecule has 140 valence electrons. The van der Waals surface area contributed by atoms with E-state index < -0.39 is 18.0 Å². The number of halogens is 2. The van der Waals surface area contributed by atoms with Crippen molar-refractivity contribution in [2.75, 3.05) is 18.0 Å². The lowest BCUT2D eigenvalue weighted by molar-refractivity contribution is -0.132. The molecule has 2 saturated heterocycles. The molecule has 1 aromatic carbocycles. The Balaban J connectivity index is 1.63. The molecule has 0 unspecified atom stereocenters. The van der Waals surface area contributed by atoms with Crippen molar-refractivity contribution in [1.82, 2.24) is 10.2 Å². The molecular weight excluding hydrogens is 379 g/mol. The second-order valence-electron chi connectivity index (χ2n) is 6.43. The number of hydrogen-bond acceptors (Lipinski definition) is 4. The number of nitrogens with zero attached hydrogens (tertiary/aromatic N) is 2. The van der Waals surface area contributed by atoms with E-state index in [4.69, 9.17) is 28.9 Å². The number of nitrogens with two attached hydrogens (primary N) is 1. The SMILES string of the molecule is NC[C@@H]1CCCN1C(=O)CC[C@H]1NC(=O)N(c2ccc(Cl)c(Cl)c2)C1=O. The quantitative estimate of drug-likeness (QED) is 0.742. The molecule has 3 N–H and O–H groups in total. The fourth-order valence-electron chi connectivity index (χ4n) is 3.42. The van der Waals surface area contributed by atoms with E-state index in [0.717, 1.165) is 17.7 Å². The zero-order valence-electron chi connectivity index (χ0n) is 14.1. The van der Waals surface area contributed by atoms with Gasteiger partial charge in [0.05, 0.1) is 15.7 Å². The molecule has 2 heterocycles. The maximum Gasteiger partial charge on any atom is 0.329 e. The number of carbonyl (C=O) groups is 3. The molecule has 0 spiro atoms. The van der Waals surface area contributed by atoms with Crippen LogP contribution in [0.5, 0.6) is 0 Å². The van der Waals surface area contributed by atoms with Crippen LogP contribution in [0.15, 0.2) is 18.2 Å². The van der Waals surface area contributed by atoms with Crippen molar-refractivity contribution in [3.63, 3.8) is 0 Å². The van der Waals surface area contributed by atoms with Gasteiger partial charge in [0.1, 0.15) is 6.04 Å². The summed E-state index contributed by atoms with van der Waals surface area (Å²) in [4.78, 5) is 40.0. The molecule has 2 aliphatic rings. The number of urea groups is 1. The van der Waals surface area contributed by atoms with Crippen LogP contribution in [0.1, 0.15) is 25.7 Å². The molecule has 2 fully saturated rings. The van der Waals surface area contributed by atoms with E-state index in [2.05, 4.69) is 5.32 Å². The Bertz CT molecular complexity index is 743. The number of hydrogen-bond donors (Lipinski definition) is 2. The molecule has 3 rings (SSSR count). The molecule has 7 nitrogen and oxygen atoms in total. The lowest BCUT2D eigenvalue weighted by Crippen LogP contribution is -2.40. The summed E-state index contributed by atoms with van der Waals surface area (Å²) in [6, 6.07) is 3.34. The standard InChI is InChI=1S/C17H20Cl2N4O3/c18-12-4-3-10(8-13(12)19)23-16(25)14(21-17(23)26)5-6-15(24)22-7-1-2-11(22)9-20/h3-4,8,11,14H,1-2,5-7,9,20H2,(H,21,26)/t11-,14+/m0/s1. The van der Waals surface area contributed by atoms with Gasteiger partial charge in [-0.2, -0.15) is 0 Å². The van der Waals surface area contributed by atoms with Crippen LogP contribution < -0.4 is 16.0 Å². The van der Waals surface area contributed by atoms with E-state index in [1.54, 1.807) is 11.0 Å². The summed E-state index contributed by atoms with van der Waals surface area (Å²) in [6.07, 6.45) is 2.28. The summed E-state index contributed by atoms with van der Waals surface area (Å²) in [5, 5.41) is 3.22. The zero-order chi connectivity index (χ0) is 18.8. The summed E-state index contributed by atoms with van der Waals surface area (Å²) in [5.41, 5.74) is 6.04. The highest BCUT2D eigenvalue weighted by Gasteiger charge is 2.39. The lowest BCUT2D eigenvalue weighted by atomic mass is 10.1. The largest absolute Gasteiger partial charge is 0.338 e. The summed E-state index contributed by atoms with van der Waals surface area (Å²) < 4.78 is 0. The van der Waals surface area contributed by atoms with Crippen molar-refractivity contribution >= 4 is 46.7 Å². The number of benzene rings is 1. The summed E-state index contributed by atoms with van der Waals surface area (Å²) in [7, 11) is 0. The molecule has 0 saturated carbocycles. The molecule has 0 bridgehead atoms. The minimum Gasteiger partial charge on any atom is -0.338 e. The van der Waals surface area contributed by atoms with Gasteiger partial charge in [0.2, 0.25) is 5.91 Å². The molecule has 0 aliphatic carbocycles. The van der Waals surface area contributed by atoms with Crippen molar-refractivity contribution in [3.05, 3.63) is 28.2 Å². The van der Waals surface area contributed by atoms with Crippen molar-refractivity contribution in [2.24, 2.45) is 5.73 Å². The molecule has 0 radical (unpaired) electrons. The van der Waals surface area contributed by atoms with Crippen LogP contribution in [-0.4, -0.2) is 47.9 Å². The zero-order valence-corrected chi connectivity index (χ0v) is 15.6. The smallest absolute Gasteiger partial charge is 0.329 e. The van der Waals surface area contributed by atoms with Gasteiger partial charge in [-0.3, -0.25) is 9.59 Å². The number of amides is 4. The molecule has 26 heavy (non-hydrogen) atoms. The first-order valence-corrected chi connectivity index (χ1v) is 9.27. The molecule has 0 aromatic heterocycles. The van der Waals surface area contributed by atoms with Crippen molar-refractivity contribution < 1.29 is 14.4 Å². The van der Waals surface area contributed by atoms with Crippen LogP contribution in [0.4, 0.5) is 10.5 Å². The fourth-order valence-corrected chi connectivity index (χ4v) is 3.71. The predicted molar refractivity (Wildman–Crippen MR) is 99.3 cm³/mol. The molecular formula is C17H20Cl2N4O3. The van der Waals surface area contributed by atoms with Gasteiger partial charge in [-0.25, -0.2) is 9.69 Å². The lowest BCUT2D eigenvalue weighted by Gasteiger charge is -2.23. The number of likely N-dealkylation sites (tertiary alicyclic amines) is 1. The van der Waals surface area contributed by atoms with Gasteiger partial charge < -0.3 is 16.0 Å². The van der Waals surface area contributed by atoms with E-state index in [1.165, 1.54) is 12.1 Å². The molecule has 1 aromatic rings. The van der Waals surface area contributed by atoms with Gasteiger partial charge in [-0.05, 0) is 37.5 Å². The minimum absolute atomic E-state index is 0.0343. The van der Waals surface area contributed by atoms with Crippen molar-refractivity contribution in [3.8, 4) is 0 Å². The van der Waals surface area contributed by atoms with E-state index in [1.807, 2.05) is 0 Å². The number of anilines is 1. The minimum atomic E-state index is -0.736. The number of carbonyl (C=O) groups excluding carboxylic acids is 3. The van der Waals surface area contributed by atoms with Crippen LogP contribution in [0.25, 0.3) is 0 Å². The number of imide groups is 1. The third kappa shape index (κ3) is 3.65. The Morgan fingerprint density at radius 1 is 1.27 bits per heavy atom. The van der Waals surface area contributed by atoms with Crippen LogP contribution in [0, 0.1) is 0 Å². The normalized spacial score (nSPS) is 22.9. The second kappa shape index (κ2) is 7.82. The maximum atomic E-state index is 12.6. The third-order valence-electron chi connectivity index (χ3n) is 4.80. The number of rotatable bonds is 5. The fraction of sp³-hybridized carbons (Fsp3) is 0.471.